The van der Waals surface area contributed by atoms with Crippen LogP contribution in [0, 0.1) is 12.7 Å². The Kier molecular flexibility index (Phi) is 5.31. The Balaban J connectivity index is 1.50. The summed E-state index contributed by atoms with van der Waals surface area (Å²) in [6.45, 7) is 1.59. The summed E-state index contributed by atoms with van der Waals surface area (Å²) in [4.78, 5) is 23.9. The number of ether oxygens (including phenoxy) is 1. The van der Waals surface area contributed by atoms with Crippen molar-refractivity contribution in [2.75, 3.05) is 13.2 Å². The maximum Gasteiger partial charge on any atom is 0.375 e. The molecule has 1 heterocycles. The van der Waals surface area contributed by atoms with Crippen LogP contribution >= 0.6 is 0 Å². The molecule has 1 amide bonds. The number of esters is 1. The second kappa shape index (κ2) is 7.82. The molecule has 0 aliphatic heterocycles. The summed E-state index contributed by atoms with van der Waals surface area (Å²) in [5.74, 6) is -1.37. The first-order valence-electron chi connectivity index (χ1n) is 8.21. The maximum atomic E-state index is 13.5. The molecule has 2 aromatic carbocycles. The van der Waals surface area contributed by atoms with Crippen LogP contribution in [0.1, 0.15) is 21.7 Å². The fourth-order valence-corrected chi connectivity index (χ4v) is 2.65. The molecule has 0 radical (unpaired) electrons. The lowest BCUT2D eigenvalue weighted by molar-refractivity contribution is -0.124. The molecule has 3 aromatic rings. The Morgan fingerprint density at radius 1 is 1.12 bits per heavy atom. The van der Waals surface area contributed by atoms with Gasteiger partial charge in [-0.3, -0.25) is 4.79 Å². The zero-order chi connectivity index (χ0) is 18.5. The van der Waals surface area contributed by atoms with Crippen LogP contribution in [0.2, 0.25) is 0 Å². The van der Waals surface area contributed by atoms with Gasteiger partial charge in [0.1, 0.15) is 11.4 Å². The van der Waals surface area contributed by atoms with E-state index in [1.165, 1.54) is 6.07 Å². The fraction of sp³-hybridized carbons (Fsp3) is 0.200. The molecule has 0 unspecified atom stereocenters. The van der Waals surface area contributed by atoms with Crippen LogP contribution < -0.4 is 5.32 Å². The summed E-state index contributed by atoms with van der Waals surface area (Å²) >= 11 is 0. The molecule has 0 spiro atoms. The van der Waals surface area contributed by atoms with Gasteiger partial charge < -0.3 is 14.5 Å². The third kappa shape index (κ3) is 3.91. The van der Waals surface area contributed by atoms with E-state index in [9.17, 15) is 14.0 Å². The van der Waals surface area contributed by atoms with Crippen LogP contribution in [0.5, 0.6) is 0 Å². The summed E-state index contributed by atoms with van der Waals surface area (Å²) in [5, 5.41) is 3.42. The topological polar surface area (TPSA) is 68.5 Å². The molecule has 26 heavy (non-hydrogen) atoms. The van der Waals surface area contributed by atoms with Crippen LogP contribution in [-0.2, 0) is 16.0 Å². The molecule has 6 heteroatoms. The van der Waals surface area contributed by atoms with Crippen molar-refractivity contribution < 1.29 is 23.1 Å². The third-order valence-electron chi connectivity index (χ3n) is 4.04. The lowest BCUT2D eigenvalue weighted by atomic mass is 10.1. The first kappa shape index (κ1) is 17.7. The van der Waals surface area contributed by atoms with E-state index < -0.39 is 18.5 Å². The smallest absolute Gasteiger partial charge is 0.375 e. The molecule has 0 bridgehead atoms. The second-order valence-electron chi connectivity index (χ2n) is 5.82. The number of benzene rings is 2. The Morgan fingerprint density at radius 2 is 1.85 bits per heavy atom. The normalized spacial score (nSPS) is 10.7. The van der Waals surface area contributed by atoms with Crippen LogP contribution in [0.15, 0.2) is 52.9 Å². The number of halogens is 1. The van der Waals surface area contributed by atoms with E-state index in [0.717, 1.165) is 5.39 Å². The number of para-hydroxylation sites is 1. The molecule has 134 valence electrons. The van der Waals surface area contributed by atoms with Gasteiger partial charge in [-0.2, -0.15) is 0 Å². The molecule has 0 atom stereocenters. The van der Waals surface area contributed by atoms with Crippen molar-refractivity contribution in [1.29, 1.82) is 0 Å². The SMILES string of the molecule is Cc1c(C(=O)OCC(=O)NCCc2ccccc2F)oc2ccccc12. The lowest BCUT2D eigenvalue weighted by Crippen LogP contribution is -2.30. The number of fused-ring (bicyclic) bond motifs is 1. The van der Waals surface area contributed by atoms with Crippen LogP contribution in [0.25, 0.3) is 11.0 Å². The highest BCUT2D eigenvalue weighted by Gasteiger charge is 2.19. The number of amides is 1. The predicted molar refractivity (Wildman–Crippen MR) is 94.3 cm³/mol. The number of rotatable bonds is 6. The number of carbonyl (C=O) groups is 2. The minimum Gasteiger partial charge on any atom is -0.450 e. The number of furan rings is 1. The summed E-state index contributed by atoms with van der Waals surface area (Å²) < 4.78 is 24.0. The van der Waals surface area contributed by atoms with Gasteiger partial charge in [0.15, 0.2) is 6.61 Å². The molecule has 1 aromatic heterocycles. The highest BCUT2D eigenvalue weighted by molar-refractivity contribution is 5.96. The Hall–Kier alpha value is -3.15. The highest BCUT2D eigenvalue weighted by Crippen LogP contribution is 2.25. The van der Waals surface area contributed by atoms with E-state index in [2.05, 4.69) is 5.32 Å². The van der Waals surface area contributed by atoms with Gasteiger partial charge in [-0.15, -0.1) is 0 Å². The number of aryl methyl sites for hydroxylation is 1. The monoisotopic (exact) mass is 355 g/mol. The van der Waals surface area contributed by atoms with E-state index in [0.29, 0.717) is 23.1 Å². The summed E-state index contributed by atoms with van der Waals surface area (Å²) in [5.41, 5.74) is 1.78. The molecule has 0 saturated carbocycles. The van der Waals surface area contributed by atoms with Gasteiger partial charge >= 0.3 is 5.97 Å². The van der Waals surface area contributed by atoms with Crippen molar-refractivity contribution in [3.05, 3.63) is 71.2 Å². The summed E-state index contributed by atoms with van der Waals surface area (Å²) in [6, 6.07) is 13.6. The van der Waals surface area contributed by atoms with Crippen molar-refractivity contribution >= 4 is 22.8 Å². The molecule has 0 aliphatic rings. The molecular weight excluding hydrogens is 337 g/mol. The molecule has 1 N–H and O–H groups in total. The second-order valence-corrected chi connectivity index (χ2v) is 5.82. The van der Waals surface area contributed by atoms with Gasteiger partial charge in [0.2, 0.25) is 5.76 Å². The number of nitrogens with one attached hydrogen (secondary N) is 1. The number of hydrogen-bond donors (Lipinski definition) is 1. The molecule has 0 saturated heterocycles. The number of carbonyl (C=O) groups excluding carboxylic acids is 2. The van der Waals surface area contributed by atoms with Gasteiger partial charge in [-0.1, -0.05) is 36.4 Å². The van der Waals surface area contributed by atoms with Crippen molar-refractivity contribution in [3.63, 3.8) is 0 Å². The maximum absolute atomic E-state index is 13.5. The molecule has 5 nitrogen and oxygen atoms in total. The molecular formula is C20H18FNO4. The van der Waals surface area contributed by atoms with Crippen LogP contribution in [0.3, 0.4) is 0 Å². The lowest BCUT2D eigenvalue weighted by Gasteiger charge is -2.07. The predicted octanol–water partition coefficient (Wildman–Crippen LogP) is 3.40. The van der Waals surface area contributed by atoms with Gasteiger partial charge in [0.05, 0.1) is 0 Å². The summed E-state index contributed by atoms with van der Waals surface area (Å²) in [7, 11) is 0. The van der Waals surface area contributed by atoms with Crippen molar-refractivity contribution in [2.24, 2.45) is 0 Å². The zero-order valence-corrected chi connectivity index (χ0v) is 14.3. The van der Waals surface area contributed by atoms with E-state index in [4.69, 9.17) is 9.15 Å². The largest absolute Gasteiger partial charge is 0.450 e. The van der Waals surface area contributed by atoms with Gasteiger partial charge in [-0.25, -0.2) is 9.18 Å². The van der Waals surface area contributed by atoms with E-state index in [-0.39, 0.29) is 18.1 Å². The van der Waals surface area contributed by atoms with Crippen molar-refractivity contribution in [1.82, 2.24) is 5.32 Å². The fourth-order valence-electron chi connectivity index (χ4n) is 2.65. The Labute approximate surface area is 149 Å². The van der Waals surface area contributed by atoms with Gasteiger partial charge in [0, 0.05) is 17.5 Å². The first-order valence-corrected chi connectivity index (χ1v) is 8.21. The minimum atomic E-state index is -0.692. The Morgan fingerprint density at radius 3 is 2.62 bits per heavy atom. The minimum absolute atomic E-state index is 0.0883. The number of hydrogen-bond acceptors (Lipinski definition) is 4. The Bertz CT molecular complexity index is 948. The van der Waals surface area contributed by atoms with E-state index >= 15 is 0 Å². The van der Waals surface area contributed by atoms with Crippen LogP contribution in [0.4, 0.5) is 4.39 Å². The summed E-state index contributed by atoms with van der Waals surface area (Å²) in [6.07, 6.45) is 0.356. The van der Waals surface area contributed by atoms with E-state index in [1.54, 1.807) is 31.2 Å². The standard InChI is InChI=1S/C20H18FNO4/c1-13-15-7-3-5-9-17(15)26-19(13)20(24)25-12-18(23)22-11-10-14-6-2-4-8-16(14)21/h2-9H,10-12H2,1H3,(H,22,23). The average Bonchev–Trinajstić information content (AvgIpc) is 2.98. The third-order valence-corrected chi connectivity index (χ3v) is 4.04. The van der Waals surface area contributed by atoms with Crippen molar-refractivity contribution in [2.45, 2.75) is 13.3 Å². The average molecular weight is 355 g/mol. The molecule has 3 rings (SSSR count). The van der Waals surface area contributed by atoms with Crippen LogP contribution in [-0.4, -0.2) is 25.0 Å². The van der Waals surface area contributed by atoms with Gasteiger partial charge in [-0.05, 0) is 31.0 Å². The van der Waals surface area contributed by atoms with Gasteiger partial charge in [0.25, 0.3) is 5.91 Å². The molecule has 0 aliphatic carbocycles. The highest BCUT2D eigenvalue weighted by atomic mass is 19.1. The molecule has 0 fully saturated rings. The zero-order valence-electron chi connectivity index (χ0n) is 14.3. The quantitative estimate of drug-likeness (QED) is 0.688. The first-order chi connectivity index (χ1) is 12.6. The van der Waals surface area contributed by atoms with Crippen molar-refractivity contribution in [3.8, 4) is 0 Å². The van der Waals surface area contributed by atoms with E-state index in [1.807, 2.05) is 18.2 Å².